The van der Waals surface area contributed by atoms with Gasteiger partial charge in [0, 0.05) is 39.5 Å². The molecule has 0 spiro atoms. The molecule has 0 aliphatic rings. The zero-order chi connectivity index (χ0) is 21.6. The summed E-state index contributed by atoms with van der Waals surface area (Å²) in [5.74, 6) is -0.493. The van der Waals surface area contributed by atoms with E-state index < -0.39 is 0 Å². The number of rotatable bonds is 7. The maximum absolute atomic E-state index is 13.0. The minimum atomic E-state index is -0.274. The van der Waals surface area contributed by atoms with E-state index in [4.69, 9.17) is 5.73 Å². The highest BCUT2D eigenvalue weighted by Crippen LogP contribution is 2.24. The van der Waals surface area contributed by atoms with Gasteiger partial charge in [0.05, 0.1) is 12.2 Å². The molecule has 0 saturated heterocycles. The van der Waals surface area contributed by atoms with Crippen LogP contribution in [0.3, 0.4) is 0 Å². The minimum Gasteiger partial charge on any atom is -0.375 e. The van der Waals surface area contributed by atoms with Gasteiger partial charge in [0.25, 0.3) is 5.91 Å². The molecule has 1 aromatic carbocycles. The number of nitrogen functional groups attached to an aromatic ring is 1. The Kier molecular flexibility index (Phi) is 6.34. The Labute approximate surface area is 187 Å². The van der Waals surface area contributed by atoms with E-state index in [0.29, 0.717) is 22.9 Å². The first-order chi connectivity index (χ1) is 15.1. The Morgan fingerprint density at radius 2 is 1.81 bits per heavy atom. The molecular formula is C22H19N5O2S2. The maximum Gasteiger partial charge on any atom is 0.254 e. The predicted molar refractivity (Wildman–Crippen MR) is 124 cm³/mol. The first-order valence-corrected chi connectivity index (χ1v) is 11.2. The van der Waals surface area contributed by atoms with E-state index in [9.17, 15) is 9.59 Å². The van der Waals surface area contributed by atoms with Crippen LogP contribution in [0.5, 0.6) is 0 Å². The molecule has 4 rings (SSSR count). The van der Waals surface area contributed by atoms with Crippen LogP contribution >= 0.6 is 22.7 Å². The first kappa shape index (κ1) is 20.7. The van der Waals surface area contributed by atoms with Crippen molar-refractivity contribution in [1.29, 1.82) is 0 Å². The summed E-state index contributed by atoms with van der Waals surface area (Å²) in [7, 11) is 0. The van der Waals surface area contributed by atoms with Gasteiger partial charge in [-0.25, -0.2) is 4.98 Å². The van der Waals surface area contributed by atoms with E-state index >= 15 is 0 Å². The third-order valence-corrected chi connectivity index (χ3v) is 6.00. The van der Waals surface area contributed by atoms with E-state index in [2.05, 4.69) is 15.3 Å². The van der Waals surface area contributed by atoms with E-state index in [1.807, 2.05) is 35.0 Å². The molecule has 3 heterocycles. The van der Waals surface area contributed by atoms with E-state index in [1.54, 1.807) is 48.0 Å². The van der Waals surface area contributed by atoms with E-state index in [0.717, 1.165) is 16.1 Å². The second kappa shape index (κ2) is 9.50. The molecule has 0 fully saturated rings. The monoisotopic (exact) mass is 449 g/mol. The SMILES string of the molecule is Nc1nc(-c2ccc(NC(=O)CN(Cc3cccs3)C(=O)c3ccncc3)cc2)cs1. The van der Waals surface area contributed by atoms with Crippen LogP contribution in [0.25, 0.3) is 11.3 Å². The fraction of sp³-hybridized carbons (Fsp3) is 0.0909. The first-order valence-electron chi connectivity index (χ1n) is 9.41. The fourth-order valence-electron chi connectivity index (χ4n) is 2.99. The number of hydrogen-bond donors (Lipinski definition) is 2. The molecule has 0 saturated carbocycles. The van der Waals surface area contributed by atoms with Crippen LogP contribution < -0.4 is 11.1 Å². The largest absolute Gasteiger partial charge is 0.375 e. The number of carbonyl (C=O) groups is 2. The van der Waals surface area contributed by atoms with Gasteiger partial charge in [-0.2, -0.15) is 0 Å². The number of nitrogens with one attached hydrogen (secondary N) is 1. The van der Waals surface area contributed by atoms with Crippen LogP contribution in [0, 0.1) is 0 Å². The number of aromatic nitrogens is 2. The second-order valence-corrected chi connectivity index (χ2v) is 8.59. The van der Waals surface area contributed by atoms with Crippen molar-refractivity contribution in [2.45, 2.75) is 6.54 Å². The molecule has 7 nitrogen and oxygen atoms in total. The van der Waals surface area contributed by atoms with Gasteiger partial charge in [-0.3, -0.25) is 14.6 Å². The van der Waals surface area contributed by atoms with Crippen molar-refractivity contribution >= 4 is 45.3 Å². The Balaban J connectivity index is 1.45. The Morgan fingerprint density at radius 3 is 2.45 bits per heavy atom. The van der Waals surface area contributed by atoms with Crippen molar-refractivity contribution < 1.29 is 9.59 Å². The molecule has 0 aliphatic heterocycles. The maximum atomic E-state index is 13.0. The van der Waals surface area contributed by atoms with Gasteiger partial charge in [-0.05, 0) is 35.7 Å². The molecule has 0 atom stereocenters. The zero-order valence-electron chi connectivity index (χ0n) is 16.4. The number of amides is 2. The van der Waals surface area contributed by atoms with Crippen molar-refractivity contribution in [2.75, 3.05) is 17.6 Å². The average molecular weight is 450 g/mol. The number of nitrogens with zero attached hydrogens (tertiary/aromatic N) is 3. The smallest absolute Gasteiger partial charge is 0.254 e. The molecule has 0 bridgehead atoms. The summed E-state index contributed by atoms with van der Waals surface area (Å²) in [5.41, 5.74) is 8.53. The van der Waals surface area contributed by atoms with E-state index in [-0.39, 0.29) is 18.4 Å². The summed E-state index contributed by atoms with van der Waals surface area (Å²) in [6.07, 6.45) is 3.13. The predicted octanol–water partition coefficient (Wildman–Crippen LogP) is 4.13. The van der Waals surface area contributed by atoms with E-state index in [1.165, 1.54) is 16.2 Å². The number of benzene rings is 1. The van der Waals surface area contributed by atoms with Gasteiger partial charge >= 0.3 is 0 Å². The molecule has 3 aromatic heterocycles. The number of hydrogen-bond acceptors (Lipinski definition) is 7. The number of carbonyl (C=O) groups excluding carboxylic acids is 2. The lowest BCUT2D eigenvalue weighted by molar-refractivity contribution is -0.117. The zero-order valence-corrected chi connectivity index (χ0v) is 18.0. The lowest BCUT2D eigenvalue weighted by Gasteiger charge is -2.22. The highest BCUT2D eigenvalue weighted by atomic mass is 32.1. The molecule has 4 aromatic rings. The standard InChI is InChI=1S/C22H19N5O2S2/c23-22-26-19(14-31-22)15-3-5-17(6-4-15)25-20(28)13-27(12-18-2-1-11-30-18)21(29)16-7-9-24-10-8-16/h1-11,14H,12-13H2,(H2,23,26)(H,25,28). The van der Waals surface area contributed by atoms with Crippen LogP contribution in [0.15, 0.2) is 71.7 Å². The van der Waals surface area contributed by atoms with Crippen LogP contribution in [0.4, 0.5) is 10.8 Å². The van der Waals surface area contributed by atoms with Crippen molar-refractivity contribution in [2.24, 2.45) is 0 Å². The fourth-order valence-corrected chi connectivity index (χ4v) is 4.28. The van der Waals surface area contributed by atoms with Crippen LogP contribution in [0.2, 0.25) is 0 Å². The molecule has 0 aliphatic carbocycles. The highest BCUT2D eigenvalue weighted by molar-refractivity contribution is 7.13. The molecular weight excluding hydrogens is 430 g/mol. The lowest BCUT2D eigenvalue weighted by atomic mass is 10.1. The molecule has 156 valence electrons. The van der Waals surface area contributed by atoms with Crippen molar-refractivity contribution in [3.05, 3.63) is 82.1 Å². The summed E-state index contributed by atoms with van der Waals surface area (Å²) >= 11 is 2.92. The number of nitrogens with two attached hydrogens (primary N) is 1. The van der Waals surface area contributed by atoms with Gasteiger partial charge in [-0.1, -0.05) is 18.2 Å². The average Bonchev–Trinajstić information content (AvgIpc) is 3.46. The highest BCUT2D eigenvalue weighted by Gasteiger charge is 2.20. The third kappa shape index (κ3) is 5.33. The quantitative estimate of drug-likeness (QED) is 0.442. The van der Waals surface area contributed by atoms with Crippen LogP contribution in [0.1, 0.15) is 15.2 Å². The molecule has 0 radical (unpaired) electrons. The number of pyridine rings is 1. The summed E-state index contributed by atoms with van der Waals surface area (Å²) in [6.45, 7) is 0.292. The number of anilines is 2. The third-order valence-electron chi connectivity index (χ3n) is 4.46. The Bertz CT molecular complexity index is 1160. The summed E-state index contributed by atoms with van der Waals surface area (Å²) in [5, 5.41) is 7.20. The van der Waals surface area contributed by atoms with Gasteiger partial charge < -0.3 is 16.0 Å². The van der Waals surface area contributed by atoms with Crippen molar-refractivity contribution in [1.82, 2.24) is 14.9 Å². The minimum absolute atomic E-state index is 0.0660. The summed E-state index contributed by atoms with van der Waals surface area (Å²) < 4.78 is 0. The Morgan fingerprint density at radius 1 is 1.03 bits per heavy atom. The second-order valence-electron chi connectivity index (χ2n) is 6.67. The lowest BCUT2D eigenvalue weighted by Crippen LogP contribution is -2.37. The van der Waals surface area contributed by atoms with Crippen molar-refractivity contribution in [3.8, 4) is 11.3 Å². The molecule has 3 N–H and O–H groups in total. The van der Waals surface area contributed by atoms with Crippen LogP contribution in [-0.4, -0.2) is 33.2 Å². The Hall–Kier alpha value is -3.56. The molecule has 31 heavy (non-hydrogen) atoms. The summed E-state index contributed by atoms with van der Waals surface area (Å²) in [4.78, 5) is 36.4. The van der Waals surface area contributed by atoms with Gasteiger partial charge in [0.2, 0.25) is 5.91 Å². The van der Waals surface area contributed by atoms with Crippen molar-refractivity contribution in [3.63, 3.8) is 0 Å². The number of thiophene rings is 1. The molecule has 2 amide bonds. The van der Waals surface area contributed by atoms with Gasteiger partial charge in [-0.15, -0.1) is 22.7 Å². The van der Waals surface area contributed by atoms with Gasteiger partial charge in [0.15, 0.2) is 5.13 Å². The van der Waals surface area contributed by atoms with Crippen LogP contribution in [-0.2, 0) is 11.3 Å². The molecule has 0 unspecified atom stereocenters. The number of thiazole rings is 1. The molecule has 9 heteroatoms. The topological polar surface area (TPSA) is 101 Å². The summed E-state index contributed by atoms with van der Waals surface area (Å²) in [6, 6.07) is 14.5. The normalized spacial score (nSPS) is 10.6. The van der Waals surface area contributed by atoms with Gasteiger partial charge in [0.1, 0.15) is 6.54 Å².